The van der Waals surface area contributed by atoms with Crippen molar-refractivity contribution >= 4 is 5.69 Å². The van der Waals surface area contributed by atoms with E-state index in [1.54, 1.807) is 0 Å². The summed E-state index contributed by atoms with van der Waals surface area (Å²) in [5, 5.41) is 3.71. The van der Waals surface area contributed by atoms with Crippen molar-refractivity contribution in [1.82, 2.24) is 0 Å². The van der Waals surface area contributed by atoms with Crippen molar-refractivity contribution in [2.75, 3.05) is 5.32 Å². The Bertz CT molecular complexity index is 346. The van der Waals surface area contributed by atoms with Crippen LogP contribution in [-0.2, 0) is 6.42 Å². The highest BCUT2D eigenvalue weighted by Crippen LogP contribution is 2.46. The maximum absolute atomic E-state index is 3.71. The van der Waals surface area contributed by atoms with Gasteiger partial charge in [0.05, 0.1) is 0 Å². The smallest absolute Gasteiger partial charge is 0.0375 e. The lowest BCUT2D eigenvalue weighted by molar-refractivity contribution is 0.360. The molecule has 15 heavy (non-hydrogen) atoms. The van der Waals surface area contributed by atoms with Crippen molar-refractivity contribution in [2.45, 2.75) is 39.2 Å². The van der Waals surface area contributed by atoms with Gasteiger partial charge >= 0.3 is 0 Å². The zero-order valence-corrected chi connectivity index (χ0v) is 9.59. The second-order valence-electron chi connectivity index (χ2n) is 5.94. The quantitative estimate of drug-likeness (QED) is 0.678. The minimum absolute atomic E-state index is 0.532. The standard InChI is InChI=1S/C14H19N/c1-14(2)8-11-7-10-5-3-4-6-12(10)15-13(11)9-14/h3-6,11,13,15H,7-9H2,1-2H3. The third-order valence-corrected chi connectivity index (χ3v) is 4.00. The van der Waals surface area contributed by atoms with Crippen LogP contribution in [0.25, 0.3) is 0 Å². The molecule has 1 fully saturated rings. The molecule has 1 saturated carbocycles. The Morgan fingerprint density at radius 3 is 2.87 bits per heavy atom. The first-order valence-corrected chi connectivity index (χ1v) is 5.98. The number of rotatable bonds is 0. The van der Waals surface area contributed by atoms with Gasteiger partial charge in [0.2, 0.25) is 0 Å². The average Bonchev–Trinajstić information content (AvgIpc) is 2.46. The summed E-state index contributed by atoms with van der Waals surface area (Å²) >= 11 is 0. The molecule has 0 radical (unpaired) electrons. The van der Waals surface area contributed by atoms with Crippen LogP contribution in [0.5, 0.6) is 0 Å². The van der Waals surface area contributed by atoms with Gasteiger partial charge in [-0.25, -0.2) is 0 Å². The molecule has 1 heteroatoms. The summed E-state index contributed by atoms with van der Waals surface area (Å²) in [4.78, 5) is 0. The predicted molar refractivity (Wildman–Crippen MR) is 64.1 cm³/mol. The third-order valence-electron chi connectivity index (χ3n) is 4.00. The summed E-state index contributed by atoms with van der Waals surface area (Å²) < 4.78 is 0. The molecule has 1 aliphatic heterocycles. The van der Waals surface area contributed by atoms with Gasteiger partial charge in [-0.15, -0.1) is 0 Å². The molecule has 1 aromatic carbocycles. The molecule has 2 atom stereocenters. The molecule has 1 nitrogen and oxygen atoms in total. The Morgan fingerprint density at radius 1 is 1.20 bits per heavy atom. The van der Waals surface area contributed by atoms with Crippen LogP contribution in [0.15, 0.2) is 24.3 Å². The second-order valence-corrected chi connectivity index (χ2v) is 5.94. The van der Waals surface area contributed by atoms with Gasteiger partial charge in [0.25, 0.3) is 0 Å². The van der Waals surface area contributed by atoms with E-state index in [0.29, 0.717) is 5.41 Å². The van der Waals surface area contributed by atoms with Crippen LogP contribution in [-0.4, -0.2) is 6.04 Å². The first kappa shape index (κ1) is 9.26. The molecular weight excluding hydrogens is 182 g/mol. The number of hydrogen-bond donors (Lipinski definition) is 1. The fourth-order valence-electron chi connectivity index (χ4n) is 3.40. The summed E-state index contributed by atoms with van der Waals surface area (Å²) in [6.07, 6.45) is 3.97. The Kier molecular flexibility index (Phi) is 1.86. The van der Waals surface area contributed by atoms with Crippen LogP contribution in [0.3, 0.4) is 0 Å². The highest BCUT2D eigenvalue weighted by atomic mass is 15.0. The summed E-state index contributed by atoms with van der Waals surface area (Å²) in [7, 11) is 0. The SMILES string of the molecule is CC1(C)CC2Cc3ccccc3NC2C1. The van der Waals surface area contributed by atoms with Crippen molar-refractivity contribution in [3.63, 3.8) is 0 Å². The molecule has 1 N–H and O–H groups in total. The molecule has 0 saturated heterocycles. The number of fused-ring (bicyclic) bond motifs is 2. The van der Waals surface area contributed by atoms with Crippen LogP contribution < -0.4 is 5.32 Å². The number of hydrogen-bond acceptors (Lipinski definition) is 1. The zero-order valence-electron chi connectivity index (χ0n) is 9.59. The lowest BCUT2D eigenvalue weighted by atomic mass is 9.87. The van der Waals surface area contributed by atoms with Gasteiger partial charge in [-0.3, -0.25) is 0 Å². The van der Waals surface area contributed by atoms with E-state index in [9.17, 15) is 0 Å². The van der Waals surface area contributed by atoms with E-state index < -0.39 is 0 Å². The van der Waals surface area contributed by atoms with E-state index in [2.05, 4.69) is 43.4 Å². The molecule has 1 aliphatic carbocycles. The first-order chi connectivity index (χ1) is 7.14. The molecule has 1 aromatic rings. The Balaban J connectivity index is 1.90. The van der Waals surface area contributed by atoms with Crippen LogP contribution in [0.2, 0.25) is 0 Å². The zero-order chi connectivity index (χ0) is 10.5. The Labute approximate surface area is 91.9 Å². The molecular formula is C14H19N. The number of para-hydroxylation sites is 1. The van der Waals surface area contributed by atoms with Crippen LogP contribution in [0.1, 0.15) is 32.3 Å². The number of nitrogens with one attached hydrogen (secondary N) is 1. The van der Waals surface area contributed by atoms with Gasteiger partial charge in [-0.05, 0) is 42.2 Å². The fourth-order valence-corrected chi connectivity index (χ4v) is 3.40. The lowest BCUT2D eigenvalue weighted by Crippen LogP contribution is -2.30. The molecule has 3 rings (SSSR count). The summed E-state index contributed by atoms with van der Waals surface area (Å²) in [5.74, 6) is 0.856. The summed E-state index contributed by atoms with van der Waals surface area (Å²) in [6.45, 7) is 4.80. The number of anilines is 1. The maximum Gasteiger partial charge on any atom is 0.0375 e. The van der Waals surface area contributed by atoms with Crippen LogP contribution in [0, 0.1) is 11.3 Å². The second kappa shape index (κ2) is 3.01. The predicted octanol–water partition coefficient (Wildman–Crippen LogP) is 3.46. The van der Waals surface area contributed by atoms with E-state index in [-0.39, 0.29) is 0 Å². The molecule has 0 amide bonds. The van der Waals surface area contributed by atoms with Crippen molar-refractivity contribution in [1.29, 1.82) is 0 Å². The Morgan fingerprint density at radius 2 is 2.00 bits per heavy atom. The molecule has 1 heterocycles. The van der Waals surface area contributed by atoms with Gasteiger partial charge < -0.3 is 5.32 Å². The van der Waals surface area contributed by atoms with Crippen molar-refractivity contribution in [3.05, 3.63) is 29.8 Å². The van der Waals surface area contributed by atoms with Crippen LogP contribution >= 0.6 is 0 Å². The minimum Gasteiger partial charge on any atom is -0.382 e. The van der Waals surface area contributed by atoms with Crippen LogP contribution in [0.4, 0.5) is 5.69 Å². The lowest BCUT2D eigenvalue weighted by Gasteiger charge is -2.29. The summed E-state index contributed by atoms with van der Waals surface area (Å²) in [5.41, 5.74) is 3.41. The van der Waals surface area contributed by atoms with E-state index in [1.807, 2.05) is 0 Å². The average molecular weight is 201 g/mol. The highest BCUT2D eigenvalue weighted by molar-refractivity contribution is 5.54. The molecule has 2 aliphatic rings. The van der Waals surface area contributed by atoms with E-state index in [1.165, 1.54) is 30.5 Å². The molecule has 0 bridgehead atoms. The van der Waals surface area contributed by atoms with E-state index in [0.717, 1.165) is 12.0 Å². The van der Waals surface area contributed by atoms with Gasteiger partial charge in [-0.2, -0.15) is 0 Å². The minimum atomic E-state index is 0.532. The topological polar surface area (TPSA) is 12.0 Å². The summed E-state index contributed by atoms with van der Waals surface area (Å²) in [6, 6.07) is 9.49. The Hall–Kier alpha value is -0.980. The van der Waals surface area contributed by atoms with Gasteiger partial charge in [0.1, 0.15) is 0 Å². The maximum atomic E-state index is 3.71. The van der Waals surface area contributed by atoms with Crippen molar-refractivity contribution < 1.29 is 0 Å². The van der Waals surface area contributed by atoms with E-state index >= 15 is 0 Å². The molecule has 80 valence electrons. The monoisotopic (exact) mass is 201 g/mol. The molecule has 0 aromatic heterocycles. The normalized spacial score (nSPS) is 31.6. The first-order valence-electron chi connectivity index (χ1n) is 5.98. The molecule has 2 unspecified atom stereocenters. The largest absolute Gasteiger partial charge is 0.382 e. The van der Waals surface area contributed by atoms with Gasteiger partial charge in [-0.1, -0.05) is 32.0 Å². The van der Waals surface area contributed by atoms with Crippen molar-refractivity contribution in [3.8, 4) is 0 Å². The van der Waals surface area contributed by atoms with Gasteiger partial charge in [0, 0.05) is 11.7 Å². The van der Waals surface area contributed by atoms with Gasteiger partial charge in [0.15, 0.2) is 0 Å². The van der Waals surface area contributed by atoms with E-state index in [4.69, 9.17) is 0 Å². The highest BCUT2D eigenvalue weighted by Gasteiger charge is 2.41. The number of benzene rings is 1. The third kappa shape index (κ3) is 1.54. The van der Waals surface area contributed by atoms with Crippen molar-refractivity contribution in [2.24, 2.45) is 11.3 Å². The fraction of sp³-hybridized carbons (Fsp3) is 0.571. The molecule has 0 spiro atoms.